The summed E-state index contributed by atoms with van der Waals surface area (Å²) in [4.78, 5) is 11.2. The van der Waals surface area contributed by atoms with E-state index in [9.17, 15) is 4.79 Å². The molecule has 1 aromatic carbocycles. The van der Waals surface area contributed by atoms with Gasteiger partial charge in [-0.3, -0.25) is 4.79 Å². The Bertz CT molecular complexity index is 356. The van der Waals surface area contributed by atoms with Crippen molar-refractivity contribution in [1.29, 1.82) is 0 Å². The summed E-state index contributed by atoms with van der Waals surface area (Å²) in [5, 5.41) is 18.2. The lowest BCUT2D eigenvalue weighted by molar-refractivity contribution is -0.117. The van der Waals surface area contributed by atoms with Crippen molar-refractivity contribution in [3.8, 4) is 11.5 Å². The molecule has 0 aliphatic rings. The predicted molar refractivity (Wildman–Crippen MR) is 53.3 cm³/mol. The number of phenolic OH excluding ortho intramolecular Hbond substituents is 2. The second-order valence-corrected chi connectivity index (χ2v) is 3.03. The average Bonchev–Trinajstić information content (AvgIpc) is 2.12. The van der Waals surface area contributed by atoms with E-state index in [2.05, 4.69) is 6.58 Å². The number of allylic oxidation sites excluding steroid dienone is 1. The molecule has 0 heterocycles. The number of benzene rings is 1. The minimum absolute atomic E-state index is 0.0325. The smallest absolute Gasteiger partial charge is 0.157 e. The predicted octanol–water partition coefficient (Wildman–Crippen LogP) is 1.79. The quantitative estimate of drug-likeness (QED) is 0.564. The number of hydrogen-bond acceptors (Lipinski definition) is 3. The number of rotatable bonds is 4. The fraction of sp³-hybridized carbons (Fsp3) is 0.182. The molecule has 74 valence electrons. The number of Topliss-reactive ketones (excluding diaryl/α,β-unsaturated/α-hetero) is 1. The van der Waals surface area contributed by atoms with Crippen molar-refractivity contribution in [2.75, 3.05) is 0 Å². The van der Waals surface area contributed by atoms with Crippen LogP contribution in [0, 0.1) is 0 Å². The Morgan fingerprint density at radius 1 is 1.36 bits per heavy atom. The van der Waals surface area contributed by atoms with Crippen LogP contribution in [-0.4, -0.2) is 16.0 Å². The molecule has 0 aliphatic heterocycles. The number of carbonyl (C=O) groups is 1. The van der Waals surface area contributed by atoms with E-state index in [4.69, 9.17) is 10.2 Å². The molecule has 0 radical (unpaired) electrons. The number of carbonyl (C=O) groups excluding carboxylic acids is 1. The lowest BCUT2D eigenvalue weighted by Gasteiger charge is -2.01. The molecule has 0 aliphatic carbocycles. The number of phenols is 2. The summed E-state index contributed by atoms with van der Waals surface area (Å²) in [6.07, 6.45) is 2.12. The van der Waals surface area contributed by atoms with Crippen LogP contribution in [0.5, 0.6) is 11.5 Å². The van der Waals surface area contributed by atoms with Crippen LogP contribution in [0.25, 0.3) is 0 Å². The van der Waals surface area contributed by atoms with Gasteiger partial charge in [0, 0.05) is 12.8 Å². The lowest BCUT2D eigenvalue weighted by atomic mass is 10.1. The number of aromatic hydroxyl groups is 2. The van der Waals surface area contributed by atoms with Gasteiger partial charge in [0.05, 0.1) is 0 Å². The van der Waals surface area contributed by atoms with Crippen LogP contribution in [0.2, 0.25) is 0 Å². The van der Waals surface area contributed by atoms with Gasteiger partial charge in [0.1, 0.15) is 5.78 Å². The zero-order chi connectivity index (χ0) is 10.6. The van der Waals surface area contributed by atoms with Crippen molar-refractivity contribution < 1.29 is 15.0 Å². The average molecular weight is 192 g/mol. The van der Waals surface area contributed by atoms with Crippen LogP contribution in [0.1, 0.15) is 12.0 Å². The van der Waals surface area contributed by atoms with Crippen LogP contribution in [-0.2, 0) is 11.2 Å². The highest BCUT2D eigenvalue weighted by atomic mass is 16.3. The first-order valence-electron chi connectivity index (χ1n) is 4.27. The number of ketones is 1. The molecule has 0 saturated carbocycles. The molecule has 1 rings (SSSR count). The zero-order valence-electron chi connectivity index (χ0n) is 7.73. The Morgan fingerprint density at radius 2 is 2.07 bits per heavy atom. The van der Waals surface area contributed by atoms with Gasteiger partial charge in [0.15, 0.2) is 11.5 Å². The third kappa shape index (κ3) is 2.62. The van der Waals surface area contributed by atoms with Gasteiger partial charge in [-0.1, -0.05) is 12.1 Å². The van der Waals surface area contributed by atoms with Gasteiger partial charge in [-0.2, -0.15) is 0 Å². The van der Waals surface area contributed by atoms with E-state index in [1.807, 2.05) is 0 Å². The fourth-order valence-corrected chi connectivity index (χ4v) is 1.14. The second-order valence-electron chi connectivity index (χ2n) is 3.03. The molecule has 0 unspecified atom stereocenters. The van der Waals surface area contributed by atoms with Crippen molar-refractivity contribution in [3.63, 3.8) is 0 Å². The first-order chi connectivity index (χ1) is 6.63. The molecule has 0 aromatic heterocycles. The van der Waals surface area contributed by atoms with Crippen LogP contribution < -0.4 is 0 Å². The van der Waals surface area contributed by atoms with E-state index in [-0.39, 0.29) is 23.7 Å². The third-order valence-corrected chi connectivity index (χ3v) is 1.81. The molecule has 0 fully saturated rings. The Labute approximate surface area is 82.3 Å². The van der Waals surface area contributed by atoms with Crippen molar-refractivity contribution in [2.45, 2.75) is 12.8 Å². The zero-order valence-corrected chi connectivity index (χ0v) is 7.73. The maximum absolute atomic E-state index is 11.2. The van der Waals surface area contributed by atoms with E-state index in [1.165, 1.54) is 12.1 Å². The first kappa shape index (κ1) is 10.3. The van der Waals surface area contributed by atoms with Gasteiger partial charge in [0.25, 0.3) is 0 Å². The molecule has 3 nitrogen and oxygen atoms in total. The third-order valence-electron chi connectivity index (χ3n) is 1.81. The number of hydrogen-bond donors (Lipinski definition) is 2. The van der Waals surface area contributed by atoms with Crippen molar-refractivity contribution >= 4 is 5.78 Å². The van der Waals surface area contributed by atoms with Crippen LogP contribution >= 0.6 is 0 Å². The van der Waals surface area contributed by atoms with Crippen LogP contribution in [0.4, 0.5) is 0 Å². The largest absolute Gasteiger partial charge is 0.504 e. The maximum atomic E-state index is 11.2. The van der Waals surface area contributed by atoms with Crippen molar-refractivity contribution in [2.24, 2.45) is 0 Å². The Balaban J connectivity index is 2.72. The summed E-state index contributed by atoms with van der Waals surface area (Å²) >= 11 is 0. The molecule has 0 amide bonds. The Morgan fingerprint density at radius 3 is 2.64 bits per heavy atom. The molecule has 0 saturated heterocycles. The Kier molecular flexibility index (Phi) is 3.29. The minimum atomic E-state index is -0.200. The molecule has 1 aromatic rings. The standard InChI is InChI=1S/C11H12O3/c1-2-3-9(12)6-8-4-5-10(13)11(14)7-8/h2,4-5,7,13-14H,1,3,6H2. The SMILES string of the molecule is C=CCC(=O)Cc1ccc(O)c(O)c1. The molecular weight excluding hydrogens is 180 g/mol. The van der Waals surface area contributed by atoms with Gasteiger partial charge in [0.2, 0.25) is 0 Å². The van der Waals surface area contributed by atoms with Gasteiger partial charge in [-0.05, 0) is 17.7 Å². The highest BCUT2D eigenvalue weighted by Crippen LogP contribution is 2.25. The van der Waals surface area contributed by atoms with E-state index < -0.39 is 0 Å². The second kappa shape index (κ2) is 4.46. The van der Waals surface area contributed by atoms with Gasteiger partial charge >= 0.3 is 0 Å². The molecule has 0 atom stereocenters. The first-order valence-corrected chi connectivity index (χ1v) is 4.27. The van der Waals surface area contributed by atoms with E-state index in [1.54, 1.807) is 12.1 Å². The summed E-state index contributed by atoms with van der Waals surface area (Å²) in [5.41, 5.74) is 0.687. The summed E-state index contributed by atoms with van der Waals surface area (Å²) in [7, 11) is 0. The minimum Gasteiger partial charge on any atom is -0.504 e. The topological polar surface area (TPSA) is 57.5 Å². The summed E-state index contributed by atoms with van der Waals surface area (Å²) in [6.45, 7) is 3.46. The molecule has 14 heavy (non-hydrogen) atoms. The molecular formula is C11H12O3. The normalized spacial score (nSPS) is 9.71. The summed E-state index contributed by atoms with van der Waals surface area (Å²) in [6, 6.07) is 4.36. The monoisotopic (exact) mass is 192 g/mol. The fourth-order valence-electron chi connectivity index (χ4n) is 1.14. The molecule has 3 heteroatoms. The van der Waals surface area contributed by atoms with Crippen LogP contribution in [0.15, 0.2) is 30.9 Å². The highest BCUT2D eigenvalue weighted by molar-refractivity contribution is 5.82. The summed E-state index contributed by atoms with van der Waals surface area (Å²) in [5.74, 6) is -0.344. The van der Waals surface area contributed by atoms with Gasteiger partial charge in [-0.25, -0.2) is 0 Å². The van der Waals surface area contributed by atoms with Crippen molar-refractivity contribution in [3.05, 3.63) is 36.4 Å². The van der Waals surface area contributed by atoms with E-state index >= 15 is 0 Å². The van der Waals surface area contributed by atoms with Gasteiger partial charge < -0.3 is 10.2 Å². The van der Waals surface area contributed by atoms with E-state index in [0.717, 1.165) is 0 Å². The van der Waals surface area contributed by atoms with Crippen LogP contribution in [0.3, 0.4) is 0 Å². The summed E-state index contributed by atoms with van der Waals surface area (Å²) < 4.78 is 0. The van der Waals surface area contributed by atoms with E-state index in [0.29, 0.717) is 12.0 Å². The lowest BCUT2D eigenvalue weighted by Crippen LogP contribution is -2.00. The molecule has 2 N–H and O–H groups in total. The Hall–Kier alpha value is -1.77. The highest BCUT2D eigenvalue weighted by Gasteiger charge is 2.04. The molecule has 0 bridgehead atoms. The van der Waals surface area contributed by atoms with Crippen molar-refractivity contribution in [1.82, 2.24) is 0 Å². The molecule has 0 spiro atoms. The van der Waals surface area contributed by atoms with Gasteiger partial charge in [-0.15, -0.1) is 6.58 Å². The maximum Gasteiger partial charge on any atom is 0.157 e.